The third-order valence-corrected chi connectivity index (χ3v) is 4.69. The number of nitrogens with one attached hydrogen (secondary N) is 2. The number of aliphatic hydroxyl groups is 1. The van der Waals surface area contributed by atoms with Crippen molar-refractivity contribution >= 4 is 29.7 Å². The lowest BCUT2D eigenvalue weighted by atomic mass is 10.0. The molecule has 0 saturated carbocycles. The van der Waals surface area contributed by atoms with Crippen molar-refractivity contribution < 1.29 is 39.3 Å². The van der Waals surface area contributed by atoms with Gasteiger partial charge in [0.2, 0.25) is 17.7 Å². The molecule has 12 nitrogen and oxygen atoms in total. The Balaban J connectivity index is 2.93. The molecule has 1 aliphatic heterocycles. The lowest BCUT2D eigenvalue weighted by Crippen LogP contribution is -2.57. The van der Waals surface area contributed by atoms with Crippen molar-refractivity contribution in [3.8, 4) is 0 Å². The molecule has 1 rings (SSSR count). The first-order valence-corrected chi connectivity index (χ1v) is 9.70. The fourth-order valence-electron chi connectivity index (χ4n) is 3.21. The predicted molar refractivity (Wildman–Crippen MR) is 103 cm³/mol. The Bertz CT molecular complexity index is 669. The van der Waals surface area contributed by atoms with Crippen molar-refractivity contribution in [2.45, 2.75) is 63.7 Å². The normalized spacial score (nSPS) is 19.1. The molecular weight excluding hydrogens is 400 g/mol. The summed E-state index contributed by atoms with van der Waals surface area (Å²) in [7, 11) is 0. The Labute approximate surface area is 173 Å². The monoisotopic (exact) mass is 430 g/mol. The van der Waals surface area contributed by atoms with Gasteiger partial charge in [0, 0.05) is 6.54 Å². The van der Waals surface area contributed by atoms with Crippen molar-refractivity contribution in [2.75, 3.05) is 13.2 Å². The van der Waals surface area contributed by atoms with Gasteiger partial charge in [-0.15, -0.1) is 0 Å². The van der Waals surface area contributed by atoms with Crippen LogP contribution in [0.2, 0.25) is 0 Å². The average molecular weight is 430 g/mol. The molecule has 0 aliphatic carbocycles. The highest BCUT2D eigenvalue weighted by Crippen LogP contribution is 2.20. The van der Waals surface area contributed by atoms with Crippen LogP contribution in [0.4, 0.5) is 0 Å². The summed E-state index contributed by atoms with van der Waals surface area (Å²) in [6.07, 6.45) is 0.447. The topological polar surface area (TPSA) is 199 Å². The number of hydrogen-bond acceptors (Lipinski definition) is 7. The van der Waals surface area contributed by atoms with E-state index in [1.807, 2.05) is 13.8 Å². The number of amides is 3. The minimum absolute atomic E-state index is 0.00407. The summed E-state index contributed by atoms with van der Waals surface area (Å²) in [6, 6.07) is -4.78. The number of rotatable bonds is 11. The fourth-order valence-corrected chi connectivity index (χ4v) is 3.21. The van der Waals surface area contributed by atoms with Gasteiger partial charge in [0.15, 0.2) is 0 Å². The van der Waals surface area contributed by atoms with Gasteiger partial charge in [-0.25, -0.2) is 4.79 Å². The summed E-state index contributed by atoms with van der Waals surface area (Å²) < 4.78 is 0. The smallest absolute Gasteiger partial charge is 0.328 e. The summed E-state index contributed by atoms with van der Waals surface area (Å²) in [5.74, 6) is -4.69. The van der Waals surface area contributed by atoms with Gasteiger partial charge in [-0.1, -0.05) is 13.8 Å². The summed E-state index contributed by atoms with van der Waals surface area (Å²) >= 11 is 0. The minimum Gasteiger partial charge on any atom is -0.481 e. The van der Waals surface area contributed by atoms with Crippen molar-refractivity contribution in [3.63, 3.8) is 0 Å². The van der Waals surface area contributed by atoms with E-state index in [1.165, 1.54) is 4.90 Å². The van der Waals surface area contributed by atoms with Crippen LogP contribution in [0.25, 0.3) is 0 Å². The van der Waals surface area contributed by atoms with Crippen molar-refractivity contribution in [2.24, 2.45) is 11.7 Å². The Hall–Kier alpha value is -2.73. The molecule has 0 aromatic carbocycles. The van der Waals surface area contributed by atoms with Crippen LogP contribution in [-0.2, 0) is 24.0 Å². The zero-order chi connectivity index (χ0) is 23.0. The highest BCUT2D eigenvalue weighted by molar-refractivity contribution is 5.95. The predicted octanol–water partition coefficient (Wildman–Crippen LogP) is -2.13. The van der Waals surface area contributed by atoms with Crippen molar-refractivity contribution in [1.82, 2.24) is 15.5 Å². The van der Waals surface area contributed by atoms with Crippen LogP contribution < -0.4 is 16.4 Å². The number of nitrogens with two attached hydrogens (primary N) is 1. The molecular formula is C18H30N4O8. The number of nitrogens with zero attached hydrogens (tertiary/aromatic N) is 1. The Kier molecular flexibility index (Phi) is 9.66. The lowest BCUT2D eigenvalue weighted by Gasteiger charge is -2.30. The first-order chi connectivity index (χ1) is 14.0. The number of hydrogen-bond donors (Lipinski definition) is 6. The number of aliphatic hydroxyl groups excluding tert-OH is 1. The van der Waals surface area contributed by atoms with Gasteiger partial charge in [0.1, 0.15) is 18.1 Å². The molecule has 0 spiro atoms. The van der Waals surface area contributed by atoms with E-state index in [2.05, 4.69) is 10.6 Å². The molecule has 1 saturated heterocycles. The SMILES string of the molecule is CC(C)CC(NC(=O)C(N)CC(=O)O)C(=O)N1CCCC1C(=O)NC(CO)C(=O)O. The van der Waals surface area contributed by atoms with E-state index in [-0.39, 0.29) is 18.9 Å². The van der Waals surface area contributed by atoms with Gasteiger partial charge in [-0.2, -0.15) is 0 Å². The van der Waals surface area contributed by atoms with Crippen LogP contribution in [0, 0.1) is 5.92 Å². The molecule has 0 aromatic rings. The van der Waals surface area contributed by atoms with Crippen LogP contribution >= 0.6 is 0 Å². The van der Waals surface area contributed by atoms with Crippen molar-refractivity contribution in [3.05, 3.63) is 0 Å². The molecule has 1 aliphatic rings. The number of carbonyl (C=O) groups is 5. The lowest BCUT2D eigenvalue weighted by molar-refractivity contribution is -0.145. The maximum absolute atomic E-state index is 13.1. The highest BCUT2D eigenvalue weighted by Gasteiger charge is 2.39. The fraction of sp³-hybridized carbons (Fsp3) is 0.722. The highest BCUT2D eigenvalue weighted by atomic mass is 16.4. The Morgan fingerprint density at radius 1 is 1.10 bits per heavy atom. The van der Waals surface area contributed by atoms with Crippen LogP contribution in [0.1, 0.15) is 39.5 Å². The van der Waals surface area contributed by atoms with Gasteiger partial charge in [-0.3, -0.25) is 19.2 Å². The zero-order valence-electron chi connectivity index (χ0n) is 17.0. The van der Waals surface area contributed by atoms with E-state index in [9.17, 15) is 24.0 Å². The van der Waals surface area contributed by atoms with Gasteiger partial charge < -0.3 is 36.6 Å². The molecule has 12 heteroatoms. The third kappa shape index (κ3) is 7.26. The van der Waals surface area contributed by atoms with E-state index in [1.54, 1.807) is 0 Å². The Morgan fingerprint density at radius 3 is 2.23 bits per heavy atom. The van der Waals surface area contributed by atoms with E-state index < -0.39 is 66.9 Å². The molecule has 0 bridgehead atoms. The number of carboxylic acid groups (broad SMARTS) is 2. The second-order valence-electron chi connectivity index (χ2n) is 7.67. The quantitative estimate of drug-likeness (QED) is 0.212. The van der Waals surface area contributed by atoms with Crippen LogP contribution in [0.3, 0.4) is 0 Å². The molecule has 0 radical (unpaired) electrons. The van der Waals surface area contributed by atoms with Gasteiger partial charge in [-0.05, 0) is 25.2 Å². The molecule has 0 aromatic heterocycles. The minimum atomic E-state index is -1.49. The molecule has 4 unspecified atom stereocenters. The maximum Gasteiger partial charge on any atom is 0.328 e. The van der Waals surface area contributed by atoms with Gasteiger partial charge >= 0.3 is 11.9 Å². The first kappa shape index (κ1) is 25.3. The third-order valence-electron chi connectivity index (χ3n) is 4.69. The molecule has 7 N–H and O–H groups in total. The van der Waals surface area contributed by atoms with Crippen molar-refractivity contribution in [1.29, 1.82) is 0 Å². The number of aliphatic carboxylic acids is 2. The number of carboxylic acids is 2. The van der Waals surface area contributed by atoms with E-state index in [0.717, 1.165) is 0 Å². The first-order valence-electron chi connectivity index (χ1n) is 9.70. The number of likely N-dealkylation sites (tertiary alicyclic amines) is 1. The van der Waals surface area contributed by atoms with Crippen LogP contribution in [0.5, 0.6) is 0 Å². The zero-order valence-corrected chi connectivity index (χ0v) is 17.0. The number of carbonyl (C=O) groups excluding carboxylic acids is 3. The Morgan fingerprint density at radius 2 is 1.73 bits per heavy atom. The average Bonchev–Trinajstić information content (AvgIpc) is 3.13. The van der Waals surface area contributed by atoms with E-state index in [0.29, 0.717) is 12.8 Å². The van der Waals surface area contributed by atoms with Crippen LogP contribution in [-0.4, -0.2) is 87.2 Å². The molecule has 4 atom stereocenters. The molecule has 1 heterocycles. The summed E-state index contributed by atoms with van der Waals surface area (Å²) in [6.45, 7) is 3.10. The molecule has 3 amide bonds. The molecule has 1 fully saturated rings. The van der Waals surface area contributed by atoms with Gasteiger partial charge in [0.25, 0.3) is 0 Å². The summed E-state index contributed by atoms with van der Waals surface area (Å²) in [5, 5.41) is 31.5. The standard InChI is InChI=1S/C18H30N4O8/c1-9(2)6-11(20-15(26)10(19)7-14(24)25)17(28)22-5-3-4-13(22)16(27)21-12(8-23)18(29)30/h9-13,23H,3-8,19H2,1-2H3,(H,20,26)(H,21,27)(H,24,25)(H,29,30). The molecule has 30 heavy (non-hydrogen) atoms. The largest absolute Gasteiger partial charge is 0.481 e. The second kappa shape index (κ2) is 11.5. The summed E-state index contributed by atoms with van der Waals surface area (Å²) in [5.41, 5.74) is 5.56. The molecule has 170 valence electrons. The second-order valence-corrected chi connectivity index (χ2v) is 7.67. The maximum atomic E-state index is 13.1. The van der Waals surface area contributed by atoms with E-state index >= 15 is 0 Å². The summed E-state index contributed by atoms with van der Waals surface area (Å²) in [4.78, 5) is 60.8. The van der Waals surface area contributed by atoms with Gasteiger partial charge in [0.05, 0.1) is 19.1 Å². The van der Waals surface area contributed by atoms with E-state index in [4.69, 9.17) is 21.1 Å². The van der Waals surface area contributed by atoms with Crippen LogP contribution in [0.15, 0.2) is 0 Å².